The van der Waals surface area contributed by atoms with Crippen LogP contribution in [0.25, 0.3) is 0 Å². The van der Waals surface area contributed by atoms with Crippen LogP contribution >= 0.6 is 0 Å². The van der Waals surface area contributed by atoms with Crippen molar-refractivity contribution >= 4 is 29.1 Å². The second kappa shape index (κ2) is 14.5. The average Bonchev–Trinajstić information content (AvgIpc) is 3.32. The molecule has 4 aromatic rings. The lowest BCUT2D eigenvalue weighted by atomic mass is 9.95. The average molecular weight is 593 g/mol. The fourth-order valence-corrected chi connectivity index (χ4v) is 5.58. The van der Waals surface area contributed by atoms with Crippen LogP contribution in [0.4, 0.5) is 15.8 Å². The van der Waals surface area contributed by atoms with Gasteiger partial charge < -0.3 is 20.4 Å². The molecule has 0 radical (unpaired) electrons. The first-order valence-corrected chi connectivity index (χ1v) is 15.0. The summed E-state index contributed by atoms with van der Waals surface area (Å²) < 4.78 is 13.4. The van der Waals surface area contributed by atoms with Gasteiger partial charge in [-0.05, 0) is 66.4 Å². The standard InChI is InChI=1S/C36H37FN4O3/c1-2-31(27-10-5-3-6-11-27)36(44)41-21-9-20-40(22-23-41)33-19-18-30(39-34(42)28-12-7-4-8-13-28)24-32(33)35(43)38-25-26-14-16-29(37)17-15-26/h3-8,10-19,24,31H,2,9,20-23,25H2,1H3,(H,38,43)(H,39,42)/t31-/m1/s1. The molecule has 0 spiro atoms. The molecule has 44 heavy (non-hydrogen) atoms. The summed E-state index contributed by atoms with van der Waals surface area (Å²) in [6, 6.07) is 30.1. The third-order valence-corrected chi connectivity index (χ3v) is 7.96. The number of benzene rings is 4. The van der Waals surface area contributed by atoms with Crippen molar-refractivity contribution in [2.24, 2.45) is 0 Å². The summed E-state index contributed by atoms with van der Waals surface area (Å²) in [6.07, 6.45) is 1.47. The SMILES string of the molecule is CC[C@@H](C(=O)N1CCCN(c2ccc(NC(=O)c3ccccc3)cc2C(=O)NCc2ccc(F)cc2)CC1)c1ccccc1. The molecule has 7 nitrogen and oxygen atoms in total. The van der Waals surface area contributed by atoms with Crippen molar-refractivity contribution in [1.82, 2.24) is 10.2 Å². The second-order valence-corrected chi connectivity index (χ2v) is 10.9. The molecule has 0 aromatic heterocycles. The molecule has 1 heterocycles. The Hall–Kier alpha value is -4.98. The van der Waals surface area contributed by atoms with E-state index in [0.717, 1.165) is 29.7 Å². The molecule has 3 amide bonds. The largest absolute Gasteiger partial charge is 0.369 e. The zero-order valence-electron chi connectivity index (χ0n) is 24.8. The Bertz CT molecular complexity index is 1580. The molecule has 5 rings (SSSR count). The first kappa shape index (κ1) is 30.5. The molecule has 1 aliphatic rings. The van der Waals surface area contributed by atoms with Gasteiger partial charge in [0, 0.05) is 49.7 Å². The van der Waals surface area contributed by atoms with E-state index < -0.39 is 0 Å². The lowest BCUT2D eigenvalue weighted by Gasteiger charge is -2.28. The van der Waals surface area contributed by atoms with Crippen LogP contribution in [0.1, 0.15) is 57.5 Å². The van der Waals surface area contributed by atoms with Crippen molar-refractivity contribution in [2.45, 2.75) is 32.2 Å². The monoisotopic (exact) mass is 592 g/mol. The molecule has 0 saturated carbocycles. The zero-order valence-corrected chi connectivity index (χ0v) is 24.8. The number of carbonyl (C=O) groups is 3. The Morgan fingerprint density at radius 3 is 2.20 bits per heavy atom. The minimum atomic E-state index is -0.341. The van der Waals surface area contributed by atoms with Gasteiger partial charge in [0.2, 0.25) is 5.91 Å². The number of anilines is 2. The Balaban J connectivity index is 1.35. The van der Waals surface area contributed by atoms with E-state index in [1.54, 1.807) is 48.5 Å². The molecule has 8 heteroatoms. The summed E-state index contributed by atoms with van der Waals surface area (Å²) in [5, 5.41) is 5.84. The van der Waals surface area contributed by atoms with Gasteiger partial charge in [-0.2, -0.15) is 0 Å². The first-order chi connectivity index (χ1) is 21.4. The summed E-state index contributed by atoms with van der Waals surface area (Å²) in [7, 11) is 0. The molecule has 1 atom stereocenters. The van der Waals surface area contributed by atoms with Gasteiger partial charge in [-0.15, -0.1) is 0 Å². The Morgan fingerprint density at radius 2 is 1.50 bits per heavy atom. The lowest BCUT2D eigenvalue weighted by molar-refractivity contribution is -0.132. The van der Waals surface area contributed by atoms with Crippen LogP contribution in [0.3, 0.4) is 0 Å². The first-order valence-electron chi connectivity index (χ1n) is 15.0. The van der Waals surface area contributed by atoms with Gasteiger partial charge in [0.1, 0.15) is 5.82 Å². The quantitative estimate of drug-likeness (QED) is 0.241. The highest BCUT2D eigenvalue weighted by Crippen LogP contribution is 2.28. The summed E-state index contributed by atoms with van der Waals surface area (Å²) >= 11 is 0. The maximum atomic E-state index is 13.6. The highest BCUT2D eigenvalue weighted by molar-refractivity contribution is 6.06. The van der Waals surface area contributed by atoms with Crippen LogP contribution in [0.5, 0.6) is 0 Å². The van der Waals surface area contributed by atoms with Crippen LogP contribution in [0.15, 0.2) is 103 Å². The van der Waals surface area contributed by atoms with Crippen molar-refractivity contribution in [3.05, 3.63) is 131 Å². The second-order valence-electron chi connectivity index (χ2n) is 10.9. The van der Waals surface area contributed by atoms with Crippen molar-refractivity contribution in [3.8, 4) is 0 Å². The molecule has 1 fully saturated rings. The van der Waals surface area contributed by atoms with Gasteiger partial charge in [-0.3, -0.25) is 14.4 Å². The van der Waals surface area contributed by atoms with E-state index >= 15 is 0 Å². The number of nitrogens with zero attached hydrogens (tertiary/aromatic N) is 2. The highest BCUT2D eigenvalue weighted by Gasteiger charge is 2.27. The van der Waals surface area contributed by atoms with E-state index in [2.05, 4.69) is 15.5 Å². The van der Waals surface area contributed by atoms with E-state index in [1.165, 1.54) is 12.1 Å². The fourth-order valence-electron chi connectivity index (χ4n) is 5.58. The van der Waals surface area contributed by atoms with Gasteiger partial charge in [0.05, 0.1) is 11.5 Å². The maximum Gasteiger partial charge on any atom is 0.255 e. The molecule has 1 saturated heterocycles. The number of amides is 3. The minimum absolute atomic E-state index is 0.122. The predicted octanol–water partition coefficient (Wildman–Crippen LogP) is 6.24. The van der Waals surface area contributed by atoms with Crippen molar-refractivity contribution in [2.75, 3.05) is 36.4 Å². The summed E-state index contributed by atoms with van der Waals surface area (Å²) in [5.41, 5.74) is 3.93. The Kier molecular flexibility index (Phi) is 10.0. The van der Waals surface area contributed by atoms with Gasteiger partial charge in [-0.25, -0.2) is 4.39 Å². The number of nitrogens with one attached hydrogen (secondary N) is 2. The molecule has 0 bridgehead atoms. The number of carbonyl (C=O) groups excluding carboxylic acids is 3. The Morgan fingerprint density at radius 1 is 0.795 bits per heavy atom. The third-order valence-electron chi connectivity index (χ3n) is 7.96. The lowest BCUT2D eigenvalue weighted by Crippen LogP contribution is -2.38. The molecule has 226 valence electrons. The van der Waals surface area contributed by atoms with Crippen molar-refractivity contribution < 1.29 is 18.8 Å². The van der Waals surface area contributed by atoms with Crippen LogP contribution in [0, 0.1) is 5.82 Å². The van der Waals surface area contributed by atoms with Crippen LogP contribution < -0.4 is 15.5 Å². The molecular weight excluding hydrogens is 555 g/mol. The molecule has 4 aromatic carbocycles. The number of halogens is 1. The van der Waals surface area contributed by atoms with Crippen LogP contribution in [-0.2, 0) is 11.3 Å². The molecular formula is C36H37FN4O3. The van der Waals surface area contributed by atoms with Crippen LogP contribution in [-0.4, -0.2) is 48.8 Å². The predicted molar refractivity (Wildman–Crippen MR) is 171 cm³/mol. The van der Waals surface area contributed by atoms with E-state index in [1.807, 2.05) is 54.3 Å². The summed E-state index contributed by atoms with van der Waals surface area (Å²) in [6.45, 7) is 4.65. The van der Waals surface area contributed by atoms with Gasteiger partial charge in [-0.1, -0.05) is 67.6 Å². The van der Waals surface area contributed by atoms with E-state index in [4.69, 9.17) is 0 Å². The summed E-state index contributed by atoms with van der Waals surface area (Å²) in [4.78, 5) is 44.1. The van der Waals surface area contributed by atoms with Crippen LogP contribution in [0.2, 0.25) is 0 Å². The number of rotatable bonds is 9. The fraction of sp³-hybridized carbons (Fsp3) is 0.250. The van der Waals surface area contributed by atoms with Gasteiger partial charge in [0.25, 0.3) is 11.8 Å². The highest BCUT2D eigenvalue weighted by atomic mass is 19.1. The normalized spacial score (nSPS) is 14.0. The number of hydrogen-bond acceptors (Lipinski definition) is 4. The molecule has 0 aliphatic carbocycles. The number of hydrogen-bond donors (Lipinski definition) is 2. The topological polar surface area (TPSA) is 81.8 Å². The van der Waals surface area contributed by atoms with Gasteiger partial charge >= 0.3 is 0 Å². The maximum absolute atomic E-state index is 13.6. The van der Waals surface area contributed by atoms with Crippen molar-refractivity contribution in [3.63, 3.8) is 0 Å². The smallest absolute Gasteiger partial charge is 0.255 e. The van der Waals surface area contributed by atoms with Crippen molar-refractivity contribution in [1.29, 1.82) is 0 Å². The molecule has 2 N–H and O–H groups in total. The van der Waals surface area contributed by atoms with E-state index in [9.17, 15) is 18.8 Å². The van der Waals surface area contributed by atoms with E-state index in [0.29, 0.717) is 43.0 Å². The van der Waals surface area contributed by atoms with E-state index in [-0.39, 0.29) is 36.0 Å². The minimum Gasteiger partial charge on any atom is -0.369 e. The third kappa shape index (κ3) is 7.50. The zero-order chi connectivity index (χ0) is 30.9. The Labute approximate surface area is 257 Å². The summed E-state index contributed by atoms with van der Waals surface area (Å²) in [5.74, 6) is -0.997. The molecule has 0 unspecified atom stereocenters. The van der Waals surface area contributed by atoms with Gasteiger partial charge in [0.15, 0.2) is 0 Å². The molecule has 1 aliphatic heterocycles.